The van der Waals surface area contributed by atoms with E-state index in [1.165, 1.54) is 25.4 Å². The van der Waals surface area contributed by atoms with Crippen LogP contribution < -0.4 is 10.5 Å². The van der Waals surface area contributed by atoms with Gasteiger partial charge in [0.15, 0.2) is 0 Å². The second-order valence-corrected chi connectivity index (χ2v) is 4.63. The van der Waals surface area contributed by atoms with Gasteiger partial charge < -0.3 is 15.2 Å². The number of carbonyl (C=O) groups is 1. The maximum atomic E-state index is 11.7. The highest BCUT2D eigenvalue weighted by atomic mass is 35.5. The average Bonchev–Trinajstić information content (AvgIpc) is 2.43. The fraction of sp³-hybridized carbons (Fsp3) is 0.0769. The van der Waals surface area contributed by atoms with Crippen molar-refractivity contribution in [2.75, 3.05) is 12.8 Å². The molecule has 0 unspecified atom stereocenters. The largest absolute Gasteiger partial charge is 0.465 e. The smallest absolute Gasteiger partial charge is 0.343 e. The third kappa shape index (κ3) is 3.12. The minimum atomic E-state index is -0.613. The number of pyridine rings is 1. The van der Waals surface area contributed by atoms with E-state index in [0.29, 0.717) is 15.7 Å². The van der Waals surface area contributed by atoms with Crippen LogP contribution in [0.3, 0.4) is 0 Å². The molecule has 0 radical (unpaired) electrons. The number of halogens is 2. The Bertz CT molecular complexity index is 662. The Labute approximate surface area is 125 Å². The predicted octanol–water partition coefficient (Wildman–Crippen LogP) is 3.55. The molecule has 0 atom stereocenters. The van der Waals surface area contributed by atoms with E-state index in [2.05, 4.69) is 9.72 Å². The Morgan fingerprint density at radius 2 is 2.05 bits per heavy atom. The van der Waals surface area contributed by atoms with Gasteiger partial charge in [-0.3, -0.25) is 0 Å². The number of methoxy groups -OCH3 is 1. The van der Waals surface area contributed by atoms with Crippen LogP contribution >= 0.6 is 23.2 Å². The van der Waals surface area contributed by atoms with Gasteiger partial charge in [0, 0.05) is 11.1 Å². The topological polar surface area (TPSA) is 74.4 Å². The summed E-state index contributed by atoms with van der Waals surface area (Å²) in [4.78, 5) is 15.6. The number of aromatic nitrogens is 1. The lowest BCUT2D eigenvalue weighted by Gasteiger charge is -2.10. The number of ether oxygens (including phenoxy) is 2. The van der Waals surface area contributed by atoms with Gasteiger partial charge in [0.2, 0.25) is 5.88 Å². The van der Waals surface area contributed by atoms with Crippen LogP contribution in [0.4, 0.5) is 5.69 Å². The first-order valence-electron chi connectivity index (χ1n) is 5.48. The number of esters is 1. The molecule has 5 nitrogen and oxygen atoms in total. The third-order valence-electron chi connectivity index (χ3n) is 2.38. The monoisotopic (exact) mass is 312 g/mol. The van der Waals surface area contributed by atoms with Gasteiger partial charge in [-0.2, -0.15) is 0 Å². The van der Waals surface area contributed by atoms with Crippen molar-refractivity contribution in [3.63, 3.8) is 0 Å². The third-order valence-corrected chi connectivity index (χ3v) is 2.92. The molecule has 0 spiro atoms. The van der Waals surface area contributed by atoms with Crippen molar-refractivity contribution in [3.05, 3.63) is 46.1 Å². The van der Waals surface area contributed by atoms with Crippen molar-refractivity contribution in [1.29, 1.82) is 0 Å². The molecule has 0 saturated carbocycles. The lowest BCUT2D eigenvalue weighted by molar-refractivity contribution is 0.0597. The van der Waals surface area contributed by atoms with Crippen molar-refractivity contribution >= 4 is 34.9 Å². The summed E-state index contributed by atoms with van der Waals surface area (Å²) in [7, 11) is 1.25. The normalized spacial score (nSPS) is 10.2. The number of hydrogen-bond acceptors (Lipinski definition) is 5. The zero-order valence-electron chi connectivity index (χ0n) is 10.4. The Morgan fingerprint density at radius 3 is 2.75 bits per heavy atom. The summed E-state index contributed by atoms with van der Waals surface area (Å²) in [6, 6.07) is 6.12. The minimum Gasteiger partial charge on any atom is -0.465 e. The van der Waals surface area contributed by atoms with Gasteiger partial charge in [-0.15, -0.1) is 0 Å². The van der Waals surface area contributed by atoms with Crippen LogP contribution in [-0.2, 0) is 4.74 Å². The van der Waals surface area contributed by atoms with E-state index in [9.17, 15) is 4.79 Å². The lowest BCUT2D eigenvalue weighted by atomic mass is 10.2. The second kappa shape index (κ2) is 5.98. The summed E-state index contributed by atoms with van der Waals surface area (Å²) in [5.74, 6) is -0.297. The molecule has 0 saturated heterocycles. The molecule has 0 amide bonds. The summed E-state index contributed by atoms with van der Waals surface area (Å²) in [6.45, 7) is 0. The Morgan fingerprint density at radius 1 is 1.30 bits per heavy atom. The van der Waals surface area contributed by atoms with E-state index in [0.717, 1.165) is 0 Å². The van der Waals surface area contributed by atoms with Gasteiger partial charge >= 0.3 is 5.97 Å². The quantitative estimate of drug-likeness (QED) is 0.877. The van der Waals surface area contributed by atoms with Gasteiger partial charge in [-0.05, 0) is 18.2 Å². The number of nitrogens with zero attached hydrogens (tertiary/aromatic N) is 1. The van der Waals surface area contributed by atoms with Crippen molar-refractivity contribution in [1.82, 2.24) is 4.98 Å². The zero-order valence-corrected chi connectivity index (χ0v) is 11.9. The van der Waals surface area contributed by atoms with Gasteiger partial charge in [-0.25, -0.2) is 9.78 Å². The standard InChI is InChI=1S/C13H10Cl2N2O3/c1-19-13(18)9-5-8(16)6-17-12(9)20-11-4-7(14)2-3-10(11)15/h2-6H,16H2,1H3. The molecule has 2 rings (SSSR count). The summed E-state index contributed by atoms with van der Waals surface area (Å²) >= 11 is 11.9. The van der Waals surface area contributed by atoms with Crippen molar-refractivity contribution in [2.24, 2.45) is 0 Å². The molecule has 7 heteroatoms. The summed E-state index contributed by atoms with van der Waals surface area (Å²) in [5, 5.41) is 0.781. The number of anilines is 1. The Hall–Kier alpha value is -1.98. The van der Waals surface area contributed by atoms with Gasteiger partial charge in [0.25, 0.3) is 0 Å². The summed E-state index contributed by atoms with van der Waals surface area (Å²) < 4.78 is 10.2. The van der Waals surface area contributed by atoms with Crippen LogP contribution in [0.15, 0.2) is 30.5 Å². The lowest BCUT2D eigenvalue weighted by Crippen LogP contribution is -2.06. The fourth-order valence-corrected chi connectivity index (χ4v) is 1.78. The molecule has 0 aliphatic rings. The van der Waals surface area contributed by atoms with Crippen LogP contribution in [0.25, 0.3) is 0 Å². The molecule has 1 aromatic carbocycles. The van der Waals surface area contributed by atoms with E-state index >= 15 is 0 Å². The molecule has 20 heavy (non-hydrogen) atoms. The number of carbonyl (C=O) groups excluding carboxylic acids is 1. The highest BCUT2D eigenvalue weighted by Crippen LogP contribution is 2.33. The van der Waals surface area contributed by atoms with Crippen molar-refractivity contribution < 1.29 is 14.3 Å². The first-order chi connectivity index (χ1) is 9.51. The molecular formula is C13H10Cl2N2O3. The number of nitrogen functional groups attached to an aromatic ring is 1. The Kier molecular flexibility index (Phi) is 4.32. The van der Waals surface area contributed by atoms with Crippen molar-refractivity contribution in [2.45, 2.75) is 0 Å². The minimum absolute atomic E-state index is 0.0372. The first-order valence-corrected chi connectivity index (χ1v) is 6.23. The van der Waals surface area contributed by atoms with E-state index in [-0.39, 0.29) is 17.2 Å². The molecular weight excluding hydrogens is 303 g/mol. The van der Waals surface area contributed by atoms with E-state index in [4.69, 9.17) is 33.7 Å². The SMILES string of the molecule is COC(=O)c1cc(N)cnc1Oc1cc(Cl)ccc1Cl. The zero-order chi connectivity index (χ0) is 14.7. The maximum absolute atomic E-state index is 11.7. The summed E-state index contributed by atoms with van der Waals surface area (Å²) in [5.41, 5.74) is 6.01. The van der Waals surface area contributed by atoms with Gasteiger partial charge in [-0.1, -0.05) is 23.2 Å². The number of rotatable bonds is 3. The van der Waals surface area contributed by atoms with E-state index < -0.39 is 5.97 Å². The van der Waals surface area contributed by atoms with Gasteiger partial charge in [0.05, 0.1) is 24.0 Å². The fourth-order valence-electron chi connectivity index (χ4n) is 1.47. The van der Waals surface area contributed by atoms with Crippen LogP contribution in [-0.4, -0.2) is 18.1 Å². The Balaban J connectivity index is 2.43. The van der Waals surface area contributed by atoms with Gasteiger partial charge in [0.1, 0.15) is 11.3 Å². The molecule has 104 valence electrons. The highest BCUT2D eigenvalue weighted by molar-refractivity contribution is 6.34. The first kappa shape index (κ1) is 14.4. The number of nitrogens with two attached hydrogens (primary N) is 1. The number of hydrogen-bond donors (Lipinski definition) is 1. The number of benzene rings is 1. The van der Waals surface area contributed by atoms with Crippen LogP contribution in [0.1, 0.15) is 10.4 Å². The average molecular weight is 313 g/mol. The highest BCUT2D eigenvalue weighted by Gasteiger charge is 2.17. The van der Waals surface area contributed by atoms with Crippen molar-refractivity contribution in [3.8, 4) is 11.6 Å². The molecule has 1 heterocycles. The molecule has 0 bridgehead atoms. The molecule has 0 aliphatic carbocycles. The van der Waals surface area contributed by atoms with E-state index in [1.54, 1.807) is 12.1 Å². The van der Waals surface area contributed by atoms with E-state index in [1.807, 2.05) is 0 Å². The van der Waals surface area contributed by atoms with Crippen LogP contribution in [0.2, 0.25) is 10.0 Å². The molecule has 0 fully saturated rings. The molecule has 2 aromatic rings. The summed E-state index contributed by atoms with van der Waals surface area (Å²) in [6.07, 6.45) is 1.36. The predicted molar refractivity (Wildman–Crippen MR) is 76.5 cm³/mol. The molecule has 1 aromatic heterocycles. The molecule has 0 aliphatic heterocycles. The van der Waals surface area contributed by atoms with Crippen LogP contribution in [0, 0.1) is 0 Å². The maximum Gasteiger partial charge on any atom is 0.343 e. The van der Waals surface area contributed by atoms with Crippen LogP contribution in [0.5, 0.6) is 11.6 Å². The second-order valence-electron chi connectivity index (χ2n) is 3.79. The molecule has 2 N–H and O–H groups in total.